The van der Waals surface area contributed by atoms with E-state index in [-0.39, 0.29) is 24.0 Å². The zero-order valence-electron chi connectivity index (χ0n) is 12.9. The number of esters is 1. The number of nitrogens with zero attached hydrogens (tertiary/aromatic N) is 2. The van der Waals surface area contributed by atoms with Crippen LogP contribution in [0, 0.1) is 10.1 Å². The molecule has 1 aliphatic heterocycles. The SMILES string of the molecule is COc1ccc([C@H]2CN(C)C[C@@]2(COC(C)=O)[N+](=O)[O-])cc1. The molecule has 1 fully saturated rings. The molecule has 0 N–H and O–H groups in total. The highest BCUT2D eigenvalue weighted by Gasteiger charge is 2.57. The number of hydrogen-bond acceptors (Lipinski definition) is 6. The summed E-state index contributed by atoms with van der Waals surface area (Å²) in [6.07, 6.45) is 0. The molecule has 0 unspecified atom stereocenters. The van der Waals surface area contributed by atoms with Crippen molar-refractivity contribution in [2.75, 3.05) is 33.9 Å². The first kappa shape index (κ1) is 16.2. The standard InChI is InChI=1S/C15H20N2O5/c1-11(18)22-10-15(17(19)20)9-16(2)8-14(15)12-4-6-13(21-3)7-5-12/h4-7,14H,8-10H2,1-3H3/t14-,15+/m1/s1. The van der Waals surface area contributed by atoms with Gasteiger partial charge in [-0.05, 0) is 24.7 Å². The van der Waals surface area contributed by atoms with Crippen molar-refractivity contribution < 1.29 is 19.2 Å². The van der Waals surface area contributed by atoms with Gasteiger partial charge in [-0.3, -0.25) is 19.8 Å². The van der Waals surface area contributed by atoms with Gasteiger partial charge in [-0.2, -0.15) is 0 Å². The zero-order chi connectivity index (χ0) is 16.3. The van der Waals surface area contributed by atoms with Gasteiger partial charge >= 0.3 is 5.97 Å². The van der Waals surface area contributed by atoms with Crippen LogP contribution in [0.4, 0.5) is 0 Å². The Balaban J connectivity index is 2.35. The molecule has 0 bridgehead atoms. The topological polar surface area (TPSA) is 81.9 Å². The molecule has 1 aliphatic rings. The van der Waals surface area contributed by atoms with E-state index >= 15 is 0 Å². The van der Waals surface area contributed by atoms with Crippen LogP contribution >= 0.6 is 0 Å². The fourth-order valence-electron chi connectivity index (χ4n) is 2.99. The van der Waals surface area contributed by atoms with Gasteiger partial charge < -0.3 is 9.47 Å². The number of benzene rings is 1. The lowest BCUT2D eigenvalue weighted by Gasteiger charge is -2.26. The number of rotatable bonds is 5. The van der Waals surface area contributed by atoms with E-state index in [1.54, 1.807) is 19.2 Å². The molecule has 0 spiro atoms. The van der Waals surface area contributed by atoms with Crippen LogP contribution in [0.1, 0.15) is 18.4 Å². The van der Waals surface area contributed by atoms with Crippen LogP contribution in [-0.2, 0) is 9.53 Å². The molecule has 7 nitrogen and oxygen atoms in total. The summed E-state index contributed by atoms with van der Waals surface area (Å²) in [5.41, 5.74) is -0.483. The number of carbonyl (C=O) groups is 1. The van der Waals surface area contributed by atoms with Gasteiger partial charge in [0, 0.05) is 18.4 Å². The van der Waals surface area contributed by atoms with Gasteiger partial charge in [0.15, 0.2) is 6.61 Å². The number of carbonyl (C=O) groups excluding carboxylic acids is 1. The fourth-order valence-corrected chi connectivity index (χ4v) is 2.99. The number of ether oxygens (including phenoxy) is 2. The average Bonchev–Trinajstić information content (AvgIpc) is 2.83. The lowest BCUT2D eigenvalue weighted by Crippen LogP contribution is -2.49. The molecular weight excluding hydrogens is 288 g/mol. The first-order valence-electron chi connectivity index (χ1n) is 6.99. The summed E-state index contributed by atoms with van der Waals surface area (Å²) < 4.78 is 10.1. The van der Waals surface area contributed by atoms with Crippen molar-refractivity contribution in [3.05, 3.63) is 39.9 Å². The molecule has 1 aromatic rings. The lowest BCUT2D eigenvalue weighted by molar-refractivity contribution is -0.572. The third-order valence-corrected chi connectivity index (χ3v) is 4.09. The minimum atomic E-state index is -1.32. The van der Waals surface area contributed by atoms with E-state index in [9.17, 15) is 14.9 Å². The van der Waals surface area contributed by atoms with Crippen LogP contribution in [0.15, 0.2) is 24.3 Å². The first-order valence-corrected chi connectivity index (χ1v) is 6.99. The van der Waals surface area contributed by atoms with Crippen molar-refractivity contribution in [3.63, 3.8) is 0 Å². The van der Waals surface area contributed by atoms with Crippen LogP contribution in [-0.4, -0.2) is 55.2 Å². The van der Waals surface area contributed by atoms with Gasteiger partial charge in [-0.15, -0.1) is 0 Å². The minimum absolute atomic E-state index is 0.226. The predicted octanol–water partition coefficient (Wildman–Crippen LogP) is 1.30. The fraction of sp³-hybridized carbons (Fsp3) is 0.533. The van der Waals surface area contributed by atoms with Gasteiger partial charge in [0.25, 0.3) is 5.54 Å². The molecule has 1 aromatic carbocycles. The van der Waals surface area contributed by atoms with E-state index in [1.165, 1.54) is 6.92 Å². The Morgan fingerprint density at radius 1 is 1.45 bits per heavy atom. The van der Waals surface area contributed by atoms with E-state index in [0.29, 0.717) is 12.3 Å². The molecule has 7 heteroatoms. The summed E-state index contributed by atoms with van der Waals surface area (Å²) in [4.78, 5) is 24.4. The largest absolute Gasteiger partial charge is 0.497 e. The van der Waals surface area contributed by atoms with E-state index in [0.717, 1.165) is 5.56 Å². The van der Waals surface area contributed by atoms with E-state index in [4.69, 9.17) is 9.47 Å². The predicted molar refractivity (Wildman–Crippen MR) is 79.6 cm³/mol. The molecule has 1 heterocycles. The molecular formula is C15H20N2O5. The summed E-state index contributed by atoms with van der Waals surface area (Å²) in [5, 5.41) is 11.8. The van der Waals surface area contributed by atoms with Crippen LogP contribution in [0.3, 0.4) is 0 Å². The maximum absolute atomic E-state index is 11.8. The van der Waals surface area contributed by atoms with Crippen molar-refractivity contribution in [2.45, 2.75) is 18.4 Å². The molecule has 2 rings (SSSR count). The van der Waals surface area contributed by atoms with Crippen molar-refractivity contribution in [1.29, 1.82) is 0 Å². The maximum Gasteiger partial charge on any atom is 0.302 e. The van der Waals surface area contributed by atoms with Gasteiger partial charge in [0.1, 0.15) is 5.75 Å². The second-order valence-corrected chi connectivity index (χ2v) is 5.66. The van der Waals surface area contributed by atoms with Gasteiger partial charge in [0.2, 0.25) is 0 Å². The van der Waals surface area contributed by atoms with Crippen LogP contribution < -0.4 is 4.74 Å². The Hall–Kier alpha value is -2.15. The molecule has 120 valence electrons. The van der Waals surface area contributed by atoms with Crippen LogP contribution in [0.2, 0.25) is 0 Å². The molecule has 0 amide bonds. The quantitative estimate of drug-likeness (QED) is 0.463. The maximum atomic E-state index is 11.8. The number of likely N-dealkylation sites (N-methyl/N-ethyl adjacent to an activating group) is 1. The highest BCUT2D eigenvalue weighted by atomic mass is 16.6. The molecule has 0 aromatic heterocycles. The molecule has 0 aliphatic carbocycles. The second kappa shape index (κ2) is 6.31. The normalized spacial score (nSPS) is 25.0. The molecule has 2 atom stereocenters. The second-order valence-electron chi connectivity index (χ2n) is 5.66. The summed E-state index contributed by atoms with van der Waals surface area (Å²) in [7, 11) is 3.40. The Kier molecular flexibility index (Phi) is 4.65. The number of methoxy groups -OCH3 is 1. The lowest BCUT2D eigenvalue weighted by atomic mass is 9.83. The molecule has 0 radical (unpaired) electrons. The Morgan fingerprint density at radius 2 is 2.09 bits per heavy atom. The molecule has 0 saturated carbocycles. The number of likely N-dealkylation sites (tertiary alicyclic amines) is 1. The van der Waals surface area contributed by atoms with Crippen molar-refractivity contribution >= 4 is 5.97 Å². The highest BCUT2D eigenvalue weighted by molar-refractivity contribution is 5.66. The zero-order valence-corrected chi connectivity index (χ0v) is 12.9. The third kappa shape index (κ3) is 3.04. The van der Waals surface area contributed by atoms with E-state index in [2.05, 4.69) is 0 Å². The summed E-state index contributed by atoms with van der Waals surface area (Å²) in [5.74, 6) is -0.163. The average molecular weight is 308 g/mol. The van der Waals surface area contributed by atoms with Crippen molar-refractivity contribution in [1.82, 2.24) is 4.90 Å². The Bertz CT molecular complexity index is 560. The summed E-state index contributed by atoms with van der Waals surface area (Å²) >= 11 is 0. The van der Waals surface area contributed by atoms with E-state index in [1.807, 2.05) is 24.1 Å². The molecule has 22 heavy (non-hydrogen) atoms. The van der Waals surface area contributed by atoms with Crippen molar-refractivity contribution in [3.8, 4) is 5.75 Å². The van der Waals surface area contributed by atoms with Gasteiger partial charge in [-0.1, -0.05) is 12.1 Å². The van der Waals surface area contributed by atoms with Crippen LogP contribution in [0.5, 0.6) is 5.75 Å². The summed E-state index contributed by atoms with van der Waals surface area (Å²) in [6, 6.07) is 7.22. The van der Waals surface area contributed by atoms with Gasteiger partial charge in [-0.25, -0.2) is 0 Å². The number of nitro groups is 1. The highest BCUT2D eigenvalue weighted by Crippen LogP contribution is 2.38. The van der Waals surface area contributed by atoms with Gasteiger partial charge in [0.05, 0.1) is 19.6 Å². The van der Waals surface area contributed by atoms with Crippen LogP contribution in [0.25, 0.3) is 0 Å². The first-order chi connectivity index (χ1) is 10.4. The molecule has 1 saturated heterocycles. The number of hydrogen-bond donors (Lipinski definition) is 0. The Labute approximate surface area is 129 Å². The van der Waals surface area contributed by atoms with E-state index < -0.39 is 11.5 Å². The smallest absolute Gasteiger partial charge is 0.302 e. The third-order valence-electron chi connectivity index (χ3n) is 4.09. The monoisotopic (exact) mass is 308 g/mol. The summed E-state index contributed by atoms with van der Waals surface area (Å²) in [6.45, 7) is 1.81. The Morgan fingerprint density at radius 3 is 2.59 bits per heavy atom. The minimum Gasteiger partial charge on any atom is -0.497 e. The van der Waals surface area contributed by atoms with Crippen molar-refractivity contribution in [2.24, 2.45) is 0 Å².